The summed E-state index contributed by atoms with van der Waals surface area (Å²) in [5.41, 5.74) is 7.42. The molecule has 1 heterocycles. The predicted molar refractivity (Wildman–Crippen MR) is 184 cm³/mol. The molecule has 0 bridgehead atoms. The number of hydrogen-bond donors (Lipinski definition) is 4. The first kappa shape index (κ1) is 35.1. The zero-order valence-electron chi connectivity index (χ0n) is 27.0. The molecule has 0 radical (unpaired) electrons. The smallest absolute Gasteiger partial charge is 0.243 e. The van der Waals surface area contributed by atoms with Crippen LogP contribution < -0.4 is 15.5 Å². The summed E-state index contributed by atoms with van der Waals surface area (Å²) in [5.74, 6) is 1.02. The van der Waals surface area contributed by atoms with E-state index in [0.29, 0.717) is 32.2 Å². The van der Waals surface area contributed by atoms with Gasteiger partial charge in [0.2, 0.25) is 11.8 Å². The van der Waals surface area contributed by atoms with E-state index >= 15 is 0 Å². The molecule has 0 aliphatic carbocycles. The van der Waals surface area contributed by atoms with Crippen LogP contribution >= 0.6 is 11.8 Å². The van der Waals surface area contributed by atoms with E-state index in [1.165, 1.54) is 0 Å². The van der Waals surface area contributed by atoms with Crippen molar-refractivity contribution in [2.24, 2.45) is 0 Å². The number of hydrogen-bond acceptors (Lipinski definition) is 8. The van der Waals surface area contributed by atoms with Gasteiger partial charge in [0.25, 0.3) is 0 Å². The molecule has 5 rings (SSSR count). The van der Waals surface area contributed by atoms with Gasteiger partial charge in [-0.1, -0.05) is 84.9 Å². The van der Waals surface area contributed by atoms with Crippen LogP contribution in [0.4, 0.5) is 0 Å². The summed E-state index contributed by atoms with van der Waals surface area (Å²) in [6.45, 7) is 0.371. The summed E-state index contributed by atoms with van der Waals surface area (Å²) in [6, 6.07) is 32.0. The van der Waals surface area contributed by atoms with Gasteiger partial charge in [0, 0.05) is 42.0 Å². The molecule has 1 fully saturated rings. The number of nitrogens with one attached hydrogen (secondary N) is 2. The van der Waals surface area contributed by atoms with Crippen LogP contribution in [0, 0.1) is 0 Å². The number of thioether (sulfide) groups is 1. The molecule has 0 unspecified atom stereocenters. The average molecular weight is 671 g/mol. The van der Waals surface area contributed by atoms with Gasteiger partial charge in [-0.2, -0.15) is 0 Å². The van der Waals surface area contributed by atoms with Gasteiger partial charge < -0.3 is 24.6 Å². The van der Waals surface area contributed by atoms with Gasteiger partial charge >= 0.3 is 0 Å². The molecule has 1 aliphatic rings. The number of benzene rings is 4. The lowest BCUT2D eigenvalue weighted by Gasteiger charge is -2.36. The summed E-state index contributed by atoms with van der Waals surface area (Å²) < 4.78 is 18.7. The second-order valence-corrected chi connectivity index (χ2v) is 12.7. The van der Waals surface area contributed by atoms with Gasteiger partial charge in [-0.05, 0) is 52.8 Å². The van der Waals surface area contributed by atoms with Crippen molar-refractivity contribution in [2.75, 3.05) is 12.9 Å². The zero-order chi connectivity index (χ0) is 33.7. The number of ether oxygens (including phenoxy) is 3. The number of aliphatic hydroxyl groups excluding tert-OH is 1. The van der Waals surface area contributed by atoms with Crippen molar-refractivity contribution in [3.8, 4) is 16.9 Å². The van der Waals surface area contributed by atoms with Crippen LogP contribution in [0.1, 0.15) is 66.8 Å². The Morgan fingerprint density at radius 2 is 1.54 bits per heavy atom. The molecule has 0 saturated carbocycles. The fourth-order valence-corrected chi connectivity index (χ4v) is 6.68. The molecule has 1 saturated heterocycles. The highest BCUT2D eigenvalue weighted by molar-refractivity contribution is 7.99. The van der Waals surface area contributed by atoms with E-state index in [-0.39, 0.29) is 31.1 Å². The van der Waals surface area contributed by atoms with E-state index in [9.17, 15) is 14.7 Å². The molecular formula is C38H42N2O7S. The summed E-state index contributed by atoms with van der Waals surface area (Å²) >= 11 is 1.70. The largest absolute Gasteiger partial charge is 0.496 e. The third kappa shape index (κ3) is 9.68. The number of carbonyl (C=O) groups excluding carboxylic acids is 2. The molecule has 252 valence electrons. The quantitative estimate of drug-likeness (QED) is 0.0467. The lowest BCUT2D eigenvalue weighted by atomic mass is 9.97. The first-order valence-electron chi connectivity index (χ1n) is 16.1. The Bertz CT molecular complexity index is 1630. The van der Waals surface area contributed by atoms with E-state index < -0.39 is 12.2 Å². The highest BCUT2D eigenvalue weighted by atomic mass is 32.2. The Morgan fingerprint density at radius 3 is 2.27 bits per heavy atom. The Hall–Kier alpha value is -4.19. The number of methoxy groups -OCH3 is 1. The van der Waals surface area contributed by atoms with Crippen molar-refractivity contribution < 1.29 is 34.1 Å². The van der Waals surface area contributed by atoms with Crippen molar-refractivity contribution in [2.45, 2.75) is 68.6 Å². The van der Waals surface area contributed by atoms with Crippen molar-refractivity contribution in [1.82, 2.24) is 10.8 Å². The molecule has 0 spiro atoms. The lowest BCUT2D eigenvalue weighted by Crippen LogP contribution is -2.31. The molecule has 9 nitrogen and oxygen atoms in total. The van der Waals surface area contributed by atoms with Crippen LogP contribution in [-0.4, -0.2) is 41.1 Å². The Labute approximate surface area is 285 Å². The SMILES string of the molecule is COc1ccccc1SC[C@@H]1C[C@H](c2ccc(CO)cc2)O[C@H](c2ccc(-c3ccccc3CNC(=O)CCCCC(=O)NO)cc2)O1. The maximum atomic E-state index is 12.4. The van der Waals surface area contributed by atoms with Crippen molar-refractivity contribution in [3.05, 3.63) is 119 Å². The summed E-state index contributed by atoms with van der Waals surface area (Å²) in [7, 11) is 1.68. The lowest BCUT2D eigenvalue weighted by molar-refractivity contribution is -0.245. The molecule has 3 atom stereocenters. The minimum absolute atomic E-state index is 0.00898. The third-order valence-corrected chi connectivity index (χ3v) is 9.47. The second-order valence-electron chi connectivity index (χ2n) is 11.6. The van der Waals surface area contributed by atoms with E-state index in [0.717, 1.165) is 49.8 Å². The van der Waals surface area contributed by atoms with Crippen molar-refractivity contribution >= 4 is 23.6 Å². The van der Waals surface area contributed by atoms with Gasteiger partial charge in [0.15, 0.2) is 6.29 Å². The Morgan fingerprint density at radius 1 is 0.854 bits per heavy atom. The molecule has 1 aliphatic heterocycles. The van der Waals surface area contributed by atoms with Crippen LogP contribution in [0.15, 0.2) is 102 Å². The number of unbranched alkanes of at least 4 members (excludes halogenated alkanes) is 1. The van der Waals surface area contributed by atoms with Crippen molar-refractivity contribution in [3.63, 3.8) is 0 Å². The fourth-order valence-electron chi connectivity index (χ4n) is 5.63. The van der Waals surface area contributed by atoms with Crippen LogP contribution in [0.3, 0.4) is 0 Å². The average Bonchev–Trinajstić information content (AvgIpc) is 3.15. The first-order valence-corrected chi connectivity index (χ1v) is 17.1. The maximum Gasteiger partial charge on any atom is 0.243 e. The Kier molecular flexibility index (Phi) is 13.0. The topological polar surface area (TPSA) is 126 Å². The first-order chi connectivity index (χ1) is 23.5. The van der Waals surface area contributed by atoms with E-state index in [1.807, 2.05) is 91.0 Å². The molecule has 0 aromatic heterocycles. The number of carbonyl (C=O) groups is 2. The summed E-state index contributed by atoms with van der Waals surface area (Å²) in [5, 5.41) is 21.1. The van der Waals surface area contributed by atoms with E-state index in [4.69, 9.17) is 19.4 Å². The van der Waals surface area contributed by atoms with Gasteiger partial charge in [0.05, 0.1) is 25.9 Å². The molecular weight excluding hydrogens is 628 g/mol. The van der Waals surface area contributed by atoms with Crippen LogP contribution in [0.2, 0.25) is 0 Å². The number of hydroxylamine groups is 1. The maximum absolute atomic E-state index is 12.4. The van der Waals surface area contributed by atoms with Crippen LogP contribution in [0.25, 0.3) is 11.1 Å². The summed E-state index contributed by atoms with van der Waals surface area (Å²) in [6.07, 6.45) is 1.41. The Balaban J connectivity index is 1.27. The van der Waals surface area contributed by atoms with Crippen molar-refractivity contribution in [1.29, 1.82) is 0 Å². The number of amides is 2. The molecule has 4 aromatic rings. The minimum atomic E-state index is -0.573. The third-order valence-electron chi connectivity index (χ3n) is 8.28. The highest BCUT2D eigenvalue weighted by Gasteiger charge is 2.32. The van der Waals surface area contributed by atoms with Crippen LogP contribution in [0.5, 0.6) is 5.75 Å². The van der Waals surface area contributed by atoms with Crippen LogP contribution in [-0.2, 0) is 32.2 Å². The van der Waals surface area contributed by atoms with Gasteiger partial charge in [-0.25, -0.2) is 5.48 Å². The van der Waals surface area contributed by atoms with E-state index in [2.05, 4.69) is 11.4 Å². The highest BCUT2D eigenvalue weighted by Crippen LogP contribution is 2.41. The minimum Gasteiger partial charge on any atom is -0.496 e. The number of para-hydroxylation sites is 1. The number of rotatable bonds is 15. The standard InChI is InChI=1S/C38H42N2O7S/c1-45-33-10-4-5-11-35(33)48-25-31-22-34(28-16-14-26(24-41)15-17-28)47-38(46-31)29-20-18-27(19-21-29)32-9-3-2-8-30(32)23-39-36(42)12-6-7-13-37(43)40-44/h2-5,8-11,14-21,31,34,38,41,44H,6-7,12-13,22-25H2,1H3,(H,39,42)(H,40,43)/t31-,34+,38+/m0/s1. The monoisotopic (exact) mass is 670 g/mol. The number of aliphatic hydroxyl groups is 1. The molecule has 2 amide bonds. The summed E-state index contributed by atoms with van der Waals surface area (Å²) in [4.78, 5) is 24.7. The zero-order valence-corrected chi connectivity index (χ0v) is 27.8. The van der Waals surface area contributed by atoms with E-state index in [1.54, 1.807) is 24.4 Å². The normalized spacial score (nSPS) is 17.4. The molecule has 10 heteroatoms. The molecule has 4 N–H and O–H groups in total. The molecule has 4 aromatic carbocycles. The second kappa shape index (κ2) is 17.8. The van der Waals surface area contributed by atoms with Gasteiger partial charge in [0.1, 0.15) is 5.75 Å². The predicted octanol–water partition coefficient (Wildman–Crippen LogP) is 6.87. The van der Waals surface area contributed by atoms with Gasteiger partial charge in [-0.3, -0.25) is 14.8 Å². The molecule has 48 heavy (non-hydrogen) atoms. The fraction of sp³-hybridized carbons (Fsp3) is 0.316. The van der Waals surface area contributed by atoms with Gasteiger partial charge in [-0.15, -0.1) is 11.8 Å².